The summed E-state index contributed by atoms with van der Waals surface area (Å²) in [6.07, 6.45) is 2.39. The van der Waals surface area contributed by atoms with E-state index in [0.29, 0.717) is 22.0 Å². The van der Waals surface area contributed by atoms with Gasteiger partial charge in [-0.3, -0.25) is 9.69 Å². The Hall–Kier alpha value is -0.720. The summed E-state index contributed by atoms with van der Waals surface area (Å²) in [6, 6.07) is 10.2. The van der Waals surface area contributed by atoms with E-state index in [1.807, 2.05) is 24.3 Å². The fourth-order valence-corrected chi connectivity index (χ4v) is 6.33. The summed E-state index contributed by atoms with van der Waals surface area (Å²) >= 11 is 15.2. The molecule has 3 saturated heterocycles. The van der Waals surface area contributed by atoms with E-state index in [2.05, 4.69) is 17.1 Å². The lowest BCUT2D eigenvalue weighted by Gasteiger charge is -2.49. The van der Waals surface area contributed by atoms with Crippen molar-refractivity contribution in [3.05, 3.63) is 45.3 Å². The van der Waals surface area contributed by atoms with Gasteiger partial charge in [0.05, 0.1) is 19.1 Å². The number of halogens is 2. The monoisotopic (exact) mass is 426 g/mol. The average Bonchev–Trinajstić information content (AvgIpc) is 3.10. The number of hydrogen-bond donors (Lipinski definition) is 1. The third kappa shape index (κ3) is 3.78. The van der Waals surface area contributed by atoms with E-state index < -0.39 is 0 Å². The van der Waals surface area contributed by atoms with Crippen LogP contribution in [0.5, 0.6) is 0 Å². The predicted molar refractivity (Wildman–Crippen MR) is 110 cm³/mol. The van der Waals surface area contributed by atoms with Crippen molar-refractivity contribution in [3.8, 4) is 0 Å². The van der Waals surface area contributed by atoms with Gasteiger partial charge in [-0.1, -0.05) is 35.0 Å². The molecule has 2 aromatic rings. The van der Waals surface area contributed by atoms with Gasteiger partial charge in [-0.05, 0) is 69.1 Å². The van der Waals surface area contributed by atoms with Gasteiger partial charge in [0.15, 0.2) is 0 Å². The third-order valence-corrected chi connectivity index (χ3v) is 8.33. The normalized spacial score (nSPS) is 27.5. The van der Waals surface area contributed by atoms with Gasteiger partial charge in [-0.15, -0.1) is 11.3 Å². The molecular weight excluding hydrogens is 407 g/mol. The number of carbonyl (C=O) groups excluding carboxylic acids is 1. The Morgan fingerprint density at radius 2 is 1.96 bits per heavy atom. The maximum Gasteiger partial charge on any atom is 0.261 e. The summed E-state index contributed by atoms with van der Waals surface area (Å²) in [4.78, 5) is 17.0. The fourth-order valence-electron chi connectivity index (χ4n) is 3.92. The van der Waals surface area contributed by atoms with Crippen LogP contribution in [-0.4, -0.2) is 36.0 Å². The van der Waals surface area contributed by atoms with Crippen molar-refractivity contribution in [2.24, 2.45) is 5.92 Å². The molecular formula is C19H20Cl2N2OS2. The number of nitrogens with one attached hydrogen (secondary N) is 1. The van der Waals surface area contributed by atoms with Gasteiger partial charge in [0.2, 0.25) is 0 Å². The van der Waals surface area contributed by atoms with Crippen LogP contribution in [-0.2, 0) is 0 Å². The summed E-state index contributed by atoms with van der Waals surface area (Å²) in [5.41, 5.74) is 0. The molecule has 26 heavy (non-hydrogen) atoms. The number of fused-ring (bicyclic) bond motifs is 3. The van der Waals surface area contributed by atoms with Crippen molar-refractivity contribution < 1.29 is 4.79 Å². The molecule has 4 heterocycles. The first-order valence-electron chi connectivity index (χ1n) is 8.79. The molecule has 2 atom stereocenters. The van der Waals surface area contributed by atoms with E-state index in [1.54, 1.807) is 17.8 Å². The first-order chi connectivity index (χ1) is 12.5. The van der Waals surface area contributed by atoms with Crippen LogP contribution < -0.4 is 5.32 Å². The minimum Gasteiger partial charge on any atom is -0.347 e. The van der Waals surface area contributed by atoms with Gasteiger partial charge >= 0.3 is 0 Å². The zero-order chi connectivity index (χ0) is 18.3. The number of hydrogen-bond acceptors (Lipinski definition) is 4. The van der Waals surface area contributed by atoms with Crippen molar-refractivity contribution in [1.29, 1.82) is 0 Å². The van der Waals surface area contributed by atoms with Crippen LogP contribution >= 0.6 is 46.3 Å². The van der Waals surface area contributed by atoms with Crippen molar-refractivity contribution in [1.82, 2.24) is 10.2 Å². The van der Waals surface area contributed by atoms with Crippen LogP contribution in [0.25, 0.3) is 0 Å². The highest BCUT2D eigenvalue weighted by Crippen LogP contribution is 2.37. The minimum absolute atomic E-state index is 0.0431. The second-order valence-electron chi connectivity index (χ2n) is 6.91. The molecule has 0 radical (unpaired) electrons. The van der Waals surface area contributed by atoms with Gasteiger partial charge < -0.3 is 5.32 Å². The quantitative estimate of drug-likeness (QED) is 0.707. The second-order valence-corrected chi connectivity index (χ2v) is 10.2. The standard InChI is InChI=1S/C19H20Cl2N2OS2/c1-11-18(12-6-8-23(11)9-7-12)22-19(24)16-4-5-17(26-16)25-13-2-3-14(20)15(21)10-13/h2-5,10-12,18H,6-9H2,1H3,(H,22,24)/t11-,18-/m0/s1. The van der Waals surface area contributed by atoms with Crippen LogP contribution in [0.1, 0.15) is 29.4 Å². The number of thiophene rings is 1. The molecule has 0 aliphatic carbocycles. The lowest BCUT2D eigenvalue weighted by Crippen LogP contribution is -2.62. The Bertz CT molecular complexity index is 816. The van der Waals surface area contributed by atoms with Crippen molar-refractivity contribution in [2.75, 3.05) is 13.1 Å². The zero-order valence-electron chi connectivity index (χ0n) is 14.4. The molecule has 0 saturated carbocycles. The highest BCUT2D eigenvalue weighted by Gasteiger charge is 2.40. The Balaban J connectivity index is 1.42. The maximum absolute atomic E-state index is 12.7. The molecule has 3 nitrogen and oxygen atoms in total. The topological polar surface area (TPSA) is 32.3 Å². The van der Waals surface area contributed by atoms with Crippen LogP contribution in [0.2, 0.25) is 10.0 Å². The van der Waals surface area contributed by atoms with Crippen LogP contribution in [0.15, 0.2) is 39.4 Å². The maximum atomic E-state index is 12.7. The Labute approximate surface area is 172 Å². The van der Waals surface area contributed by atoms with Crippen LogP contribution in [0.4, 0.5) is 0 Å². The summed E-state index contributed by atoms with van der Waals surface area (Å²) < 4.78 is 1.07. The SMILES string of the molecule is C[C@H]1[C@H](NC(=O)c2ccc(Sc3ccc(Cl)c(Cl)c3)s2)C2CCN1CC2. The third-order valence-electron chi connectivity index (χ3n) is 5.39. The Kier molecular flexibility index (Phi) is 5.53. The summed E-state index contributed by atoms with van der Waals surface area (Å²) in [7, 11) is 0. The fraction of sp³-hybridized carbons (Fsp3) is 0.421. The van der Waals surface area contributed by atoms with E-state index in [0.717, 1.165) is 14.0 Å². The number of rotatable bonds is 4. The Morgan fingerprint density at radius 1 is 1.19 bits per heavy atom. The lowest BCUT2D eigenvalue weighted by atomic mass is 9.79. The van der Waals surface area contributed by atoms with Gasteiger partial charge in [-0.2, -0.15) is 0 Å². The summed E-state index contributed by atoms with van der Waals surface area (Å²) in [5, 5.41) is 4.39. The van der Waals surface area contributed by atoms with Crippen molar-refractivity contribution >= 4 is 52.2 Å². The molecule has 2 bridgehead atoms. The molecule has 0 spiro atoms. The molecule has 0 unspecified atom stereocenters. The molecule has 3 aliphatic heterocycles. The van der Waals surface area contributed by atoms with Gasteiger partial charge in [0, 0.05) is 17.0 Å². The van der Waals surface area contributed by atoms with Gasteiger partial charge in [0.25, 0.3) is 5.91 Å². The highest BCUT2D eigenvalue weighted by atomic mass is 35.5. The first kappa shape index (κ1) is 18.6. The number of carbonyl (C=O) groups is 1. The van der Waals surface area contributed by atoms with E-state index in [9.17, 15) is 4.79 Å². The Morgan fingerprint density at radius 3 is 2.65 bits per heavy atom. The summed E-state index contributed by atoms with van der Waals surface area (Å²) in [5.74, 6) is 0.658. The highest BCUT2D eigenvalue weighted by molar-refractivity contribution is 8.01. The molecule has 3 aliphatic rings. The van der Waals surface area contributed by atoms with Crippen molar-refractivity contribution in [2.45, 2.75) is 41.0 Å². The molecule has 7 heteroatoms. The van der Waals surface area contributed by atoms with E-state index in [-0.39, 0.29) is 11.9 Å². The van der Waals surface area contributed by atoms with E-state index in [1.165, 1.54) is 37.3 Å². The molecule has 138 valence electrons. The first-order valence-corrected chi connectivity index (χ1v) is 11.2. The molecule has 1 N–H and O–H groups in total. The number of piperidine rings is 3. The largest absolute Gasteiger partial charge is 0.347 e. The smallest absolute Gasteiger partial charge is 0.261 e. The predicted octanol–water partition coefficient (Wildman–Crippen LogP) is 5.42. The van der Waals surface area contributed by atoms with Crippen LogP contribution in [0.3, 0.4) is 0 Å². The number of nitrogens with zero attached hydrogens (tertiary/aromatic N) is 1. The molecule has 3 fully saturated rings. The molecule has 1 aromatic heterocycles. The zero-order valence-corrected chi connectivity index (χ0v) is 17.5. The van der Waals surface area contributed by atoms with Gasteiger partial charge in [-0.25, -0.2) is 0 Å². The molecule has 1 aromatic carbocycles. The average molecular weight is 427 g/mol. The lowest BCUT2D eigenvalue weighted by molar-refractivity contribution is 0.0218. The number of benzene rings is 1. The second kappa shape index (κ2) is 7.72. The van der Waals surface area contributed by atoms with Crippen LogP contribution in [0, 0.1) is 5.92 Å². The summed E-state index contributed by atoms with van der Waals surface area (Å²) in [6.45, 7) is 4.57. The van der Waals surface area contributed by atoms with Gasteiger partial charge in [0.1, 0.15) is 0 Å². The van der Waals surface area contributed by atoms with Crippen molar-refractivity contribution in [3.63, 3.8) is 0 Å². The molecule has 1 amide bonds. The van der Waals surface area contributed by atoms with E-state index in [4.69, 9.17) is 23.2 Å². The number of amides is 1. The molecule has 5 rings (SSSR count). The van der Waals surface area contributed by atoms with E-state index >= 15 is 0 Å². The minimum atomic E-state index is 0.0431.